The minimum absolute atomic E-state index is 0.0107. The normalized spacial score (nSPS) is 19.1. The van der Waals surface area contributed by atoms with E-state index in [4.69, 9.17) is 4.74 Å². The molecule has 0 aromatic heterocycles. The van der Waals surface area contributed by atoms with Crippen molar-refractivity contribution in [3.05, 3.63) is 35.9 Å². The average molecular weight is 303 g/mol. The highest BCUT2D eigenvalue weighted by molar-refractivity contribution is 5.95. The smallest absolute Gasteiger partial charge is 0.416 e. The van der Waals surface area contributed by atoms with Crippen LogP contribution in [0.1, 0.15) is 25.8 Å². The van der Waals surface area contributed by atoms with Crippen LogP contribution >= 0.6 is 0 Å². The van der Waals surface area contributed by atoms with E-state index in [2.05, 4.69) is 0 Å². The molecule has 1 aliphatic rings. The van der Waals surface area contributed by atoms with Gasteiger partial charge in [0, 0.05) is 12.3 Å². The lowest BCUT2D eigenvalue weighted by atomic mass is 9.91. The van der Waals surface area contributed by atoms with Gasteiger partial charge < -0.3 is 9.53 Å². The Morgan fingerprint density at radius 3 is 2.64 bits per heavy atom. The van der Waals surface area contributed by atoms with Crippen molar-refractivity contribution < 1.29 is 19.1 Å². The molecule has 1 fully saturated rings. The third-order valence-corrected chi connectivity index (χ3v) is 3.98. The number of carbonyl (C=O) groups is 3. The van der Waals surface area contributed by atoms with Crippen molar-refractivity contribution in [2.75, 3.05) is 6.61 Å². The number of cyclic esters (lactones) is 1. The first-order valence-electron chi connectivity index (χ1n) is 7.52. The third-order valence-electron chi connectivity index (χ3n) is 3.98. The molecule has 1 heterocycles. The molecule has 0 unspecified atom stereocenters. The van der Waals surface area contributed by atoms with Crippen LogP contribution in [0.4, 0.5) is 4.79 Å². The molecule has 2 atom stereocenters. The third kappa shape index (κ3) is 3.53. The van der Waals surface area contributed by atoms with Gasteiger partial charge in [0.05, 0.1) is 6.04 Å². The van der Waals surface area contributed by atoms with Crippen LogP contribution in [0.25, 0.3) is 0 Å². The summed E-state index contributed by atoms with van der Waals surface area (Å²) in [6.07, 6.45) is 0.807. The van der Waals surface area contributed by atoms with Gasteiger partial charge in [0.1, 0.15) is 12.9 Å². The molecule has 2 rings (SSSR count). The second-order valence-electron chi connectivity index (χ2n) is 5.88. The van der Waals surface area contributed by atoms with Gasteiger partial charge >= 0.3 is 6.09 Å². The highest BCUT2D eigenvalue weighted by Crippen LogP contribution is 2.24. The lowest BCUT2D eigenvalue weighted by Gasteiger charge is -2.26. The van der Waals surface area contributed by atoms with Crippen molar-refractivity contribution in [2.45, 2.75) is 32.7 Å². The molecule has 0 saturated carbocycles. The van der Waals surface area contributed by atoms with Crippen molar-refractivity contribution >= 4 is 18.3 Å². The van der Waals surface area contributed by atoms with E-state index in [0.29, 0.717) is 6.42 Å². The highest BCUT2D eigenvalue weighted by Gasteiger charge is 2.41. The predicted molar refractivity (Wildman–Crippen MR) is 81.1 cm³/mol. The van der Waals surface area contributed by atoms with Crippen molar-refractivity contribution in [1.29, 1.82) is 0 Å². The zero-order chi connectivity index (χ0) is 16.1. The molecule has 0 N–H and O–H groups in total. The van der Waals surface area contributed by atoms with Crippen LogP contribution in [0.5, 0.6) is 0 Å². The van der Waals surface area contributed by atoms with Crippen LogP contribution in [0.3, 0.4) is 0 Å². The maximum atomic E-state index is 12.7. The van der Waals surface area contributed by atoms with E-state index < -0.39 is 12.0 Å². The summed E-state index contributed by atoms with van der Waals surface area (Å²) in [7, 11) is 0. The maximum Gasteiger partial charge on any atom is 0.416 e. The Kier molecular flexibility index (Phi) is 5.31. The number of nitrogens with zero attached hydrogens (tertiary/aromatic N) is 1. The summed E-state index contributed by atoms with van der Waals surface area (Å²) in [5.41, 5.74) is 1.04. The van der Waals surface area contributed by atoms with Gasteiger partial charge in [-0.3, -0.25) is 4.79 Å². The van der Waals surface area contributed by atoms with Gasteiger partial charge in [0.15, 0.2) is 0 Å². The van der Waals surface area contributed by atoms with E-state index in [-0.39, 0.29) is 30.9 Å². The summed E-state index contributed by atoms with van der Waals surface area (Å²) in [5.74, 6) is -0.810. The first-order valence-corrected chi connectivity index (χ1v) is 7.52. The summed E-state index contributed by atoms with van der Waals surface area (Å²) < 4.78 is 5.06. The number of imide groups is 1. The summed E-state index contributed by atoms with van der Waals surface area (Å²) >= 11 is 0. The van der Waals surface area contributed by atoms with Crippen LogP contribution < -0.4 is 0 Å². The Morgan fingerprint density at radius 2 is 2.05 bits per heavy atom. The molecule has 0 aliphatic carbocycles. The Morgan fingerprint density at radius 1 is 1.36 bits per heavy atom. The molecular weight excluding hydrogens is 282 g/mol. The van der Waals surface area contributed by atoms with Crippen LogP contribution in [-0.4, -0.2) is 35.8 Å². The molecule has 118 valence electrons. The number of hydrogen-bond acceptors (Lipinski definition) is 4. The molecule has 1 aliphatic heterocycles. The van der Waals surface area contributed by atoms with Crippen molar-refractivity contribution in [1.82, 2.24) is 4.90 Å². The number of rotatable bonds is 6. The minimum atomic E-state index is -0.609. The fourth-order valence-corrected chi connectivity index (χ4v) is 2.71. The van der Waals surface area contributed by atoms with E-state index in [0.717, 1.165) is 11.8 Å². The van der Waals surface area contributed by atoms with Crippen LogP contribution in [0.15, 0.2) is 30.3 Å². The summed E-state index contributed by atoms with van der Waals surface area (Å²) in [4.78, 5) is 36.6. The average Bonchev–Trinajstić information content (AvgIpc) is 2.85. The molecule has 5 nitrogen and oxygen atoms in total. The molecule has 1 aromatic carbocycles. The fraction of sp³-hybridized carbons (Fsp3) is 0.471. The monoisotopic (exact) mass is 303 g/mol. The van der Waals surface area contributed by atoms with Gasteiger partial charge in [-0.05, 0) is 17.9 Å². The number of benzene rings is 1. The van der Waals surface area contributed by atoms with E-state index in [1.807, 2.05) is 44.2 Å². The number of aldehydes is 1. The number of amides is 2. The van der Waals surface area contributed by atoms with E-state index >= 15 is 0 Å². The van der Waals surface area contributed by atoms with Gasteiger partial charge in [-0.2, -0.15) is 0 Å². The van der Waals surface area contributed by atoms with Crippen LogP contribution in [-0.2, 0) is 20.7 Å². The zero-order valence-corrected chi connectivity index (χ0v) is 12.9. The van der Waals surface area contributed by atoms with Gasteiger partial charge in [-0.15, -0.1) is 0 Å². The Hall–Kier alpha value is -2.17. The summed E-state index contributed by atoms with van der Waals surface area (Å²) in [6, 6.07) is 9.36. The van der Waals surface area contributed by atoms with Crippen molar-refractivity contribution in [3.8, 4) is 0 Å². The Bertz CT molecular complexity index is 541. The first kappa shape index (κ1) is 16.2. The van der Waals surface area contributed by atoms with Crippen LogP contribution in [0, 0.1) is 11.8 Å². The molecular formula is C17H21NO4. The van der Waals surface area contributed by atoms with Crippen LogP contribution in [0.2, 0.25) is 0 Å². The highest BCUT2D eigenvalue weighted by atomic mass is 16.6. The lowest BCUT2D eigenvalue weighted by molar-refractivity contribution is -0.136. The lowest BCUT2D eigenvalue weighted by Crippen LogP contribution is -2.44. The maximum absolute atomic E-state index is 12.7. The van der Waals surface area contributed by atoms with E-state index in [1.165, 1.54) is 4.90 Å². The SMILES string of the molecule is CC(C)[C@H](CC=O)C(=O)N1C(=O)OC[C@@H]1Cc1ccccc1. The summed E-state index contributed by atoms with van der Waals surface area (Å²) in [6.45, 7) is 3.95. The Labute approximate surface area is 130 Å². The molecule has 0 bridgehead atoms. The number of hydrogen-bond donors (Lipinski definition) is 0. The molecule has 2 amide bonds. The second kappa shape index (κ2) is 7.20. The molecule has 1 aromatic rings. The molecule has 0 spiro atoms. The fourth-order valence-electron chi connectivity index (χ4n) is 2.71. The quantitative estimate of drug-likeness (QED) is 0.757. The molecule has 0 radical (unpaired) electrons. The van der Waals surface area contributed by atoms with E-state index in [1.54, 1.807) is 0 Å². The molecule has 22 heavy (non-hydrogen) atoms. The molecule has 1 saturated heterocycles. The Balaban J connectivity index is 2.16. The predicted octanol–water partition coefficient (Wildman–Crippen LogP) is 2.44. The molecule has 5 heteroatoms. The van der Waals surface area contributed by atoms with Gasteiger partial charge in [0.2, 0.25) is 5.91 Å². The second-order valence-corrected chi connectivity index (χ2v) is 5.88. The van der Waals surface area contributed by atoms with Gasteiger partial charge in [0.25, 0.3) is 0 Å². The zero-order valence-electron chi connectivity index (χ0n) is 12.9. The van der Waals surface area contributed by atoms with Crippen molar-refractivity contribution in [2.24, 2.45) is 11.8 Å². The topological polar surface area (TPSA) is 63.7 Å². The number of carbonyl (C=O) groups excluding carboxylic acids is 3. The standard InChI is InChI=1S/C17H21NO4/c1-12(2)15(8-9-19)16(20)18-14(11-22-17(18)21)10-13-6-4-3-5-7-13/h3-7,9,12,14-15H,8,10-11H2,1-2H3/t14-,15-/m0/s1. The largest absolute Gasteiger partial charge is 0.447 e. The van der Waals surface area contributed by atoms with E-state index in [9.17, 15) is 14.4 Å². The number of ether oxygens (including phenoxy) is 1. The minimum Gasteiger partial charge on any atom is -0.447 e. The summed E-state index contributed by atoms with van der Waals surface area (Å²) in [5, 5.41) is 0. The van der Waals surface area contributed by atoms with Gasteiger partial charge in [-0.25, -0.2) is 9.69 Å². The first-order chi connectivity index (χ1) is 10.5. The van der Waals surface area contributed by atoms with Crippen molar-refractivity contribution in [3.63, 3.8) is 0 Å². The van der Waals surface area contributed by atoms with Gasteiger partial charge in [-0.1, -0.05) is 44.2 Å².